The molecule has 0 amide bonds. The highest BCUT2D eigenvalue weighted by Crippen LogP contribution is 2.01. The third kappa shape index (κ3) is 10.4. The van der Waals surface area contributed by atoms with Crippen LogP contribution in [0.25, 0.3) is 0 Å². The smallest absolute Gasteiger partial charge is 0.00313 e. The molecule has 2 heteroatoms. The Bertz CT molecular complexity index is 96.1. The van der Waals surface area contributed by atoms with Crippen LogP contribution >= 0.6 is 15.9 Å². The monoisotopic (exact) mass is 249 g/mol. The highest BCUT2D eigenvalue weighted by Gasteiger charge is 1.96. The van der Waals surface area contributed by atoms with Crippen molar-refractivity contribution >= 4 is 15.9 Å². The molecule has 0 aromatic carbocycles. The normalized spacial score (nSPS) is 13.2. The molecule has 0 aromatic heterocycles. The van der Waals surface area contributed by atoms with Crippen molar-refractivity contribution in [2.75, 3.05) is 18.4 Å². The number of alkyl halides is 1. The first-order chi connectivity index (χ1) is 6.31. The van der Waals surface area contributed by atoms with E-state index < -0.39 is 0 Å². The van der Waals surface area contributed by atoms with Crippen LogP contribution in [0.5, 0.6) is 0 Å². The first-order valence-corrected chi connectivity index (χ1v) is 6.70. The quantitative estimate of drug-likeness (QED) is 0.487. The van der Waals surface area contributed by atoms with Gasteiger partial charge in [-0.3, -0.25) is 0 Å². The fraction of sp³-hybridized carbons (Fsp3) is 1.00. The van der Waals surface area contributed by atoms with Crippen LogP contribution in [-0.2, 0) is 0 Å². The fourth-order valence-electron chi connectivity index (χ4n) is 1.19. The minimum atomic E-state index is 0.836. The molecule has 0 fully saturated rings. The zero-order valence-corrected chi connectivity index (χ0v) is 10.7. The van der Waals surface area contributed by atoms with Crippen molar-refractivity contribution in [2.45, 2.75) is 46.0 Å². The second-order valence-electron chi connectivity index (χ2n) is 3.82. The van der Waals surface area contributed by atoms with Crippen molar-refractivity contribution in [3.8, 4) is 0 Å². The standard InChI is InChI=1S/C11H24BrN/c1-3-11(2)10-13-9-7-5-4-6-8-12/h11,13H,3-10H2,1-2H3. The van der Waals surface area contributed by atoms with Gasteiger partial charge in [0, 0.05) is 5.33 Å². The average molecular weight is 250 g/mol. The van der Waals surface area contributed by atoms with E-state index in [2.05, 4.69) is 35.1 Å². The lowest BCUT2D eigenvalue weighted by atomic mass is 10.1. The van der Waals surface area contributed by atoms with Gasteiger partial charge < -0.3 is 5.32 Å². The van der Waals surface area contributed by atoms with Crippen LogP contribution < -0.4 is 5.32 Å². The minimum Gasteiger partial charge on any atom is -0.316 e. The maximum absolute atomic E-state index is 3.50. The van der Waals surface area contributed by atoms with Crippen LogP contribution in [0.4, 0.5) is 0 Å². The van der Waals surface area contributed by atoms with Crippen LogP contribution in [0.15, 0.2) is 0 Å². The lowest BCUT2D eigenvalue weighted by Gasteiger charge is -2.09. The summed E-state index contributed by atoms with van der Waals surface area (Å²) in [6.07, 6.45) is 6.70. The molecule has 1 unspecified atom stereocenters. The fourth-order valence-corrected chi connectivity index (χ4v) is 1.59. The number of rotatable bonds is 9. The maximum atomic E-state index is 3.50. The summed E-state index contributed by atoms with van der Waals surface area (Å²) in [5.41, 5.74) is 0. The van der Waals surface area contributed by atoms with Gasteiger partial charge in [0.25, 0.3) is 0 Å². The SMILES string of the molecule is CCC(C)CNCCCCCCBr. The van der Waals surface area contributed by atoms with E-state index in [9.17, 15) is 0 Å². The van der Waals surface area contributed by atoms with Crippen molar-refractivity contribution in [3.05, 3.63) is 0 Å². The first kappa shape index (κ1) is 13.4. The lowest BCUT2D eigenvalue weighted by Crippen LogP contribution is -2.21. The molecule has 13 heavy (non-hydrogen) atoms. The van der Waals surface area contributed by atoms with E-state index in [0.29, 0.717) is 0 Å². The van der Waals surface area contributed by atoms with E-state index in [1.807, 2.05) is 0 Å². The molecule has 0 rings (SSSR count). The van der Waals surface area contributed by atoms with Gasteiger partial charge >= 0.3 is 0 Å². The average Bonchev–Trinajstić information content (AvgIpc) is 2.16. The minimum absolute atomic E-state index is 0.836. The van der Waals surface area contributed by atoms with E-state index in [0.717, 1.165) is 11.2 Å². The highest BCUT2D eigenvalue weighted by atomic mass is 79.9. The summed E-state index contributed by atoms with van der Waals surface area (Å²) < 4.78 is 0. The van der Waals surface area contributed by atoms with Crippen LogP contribution in [-0.4, -0.2) is 18.4 Å². The van der Waals surface area contributed by atoms with Crippen molar-refractivity contribution in [1.82, 2.24) is 5.32 Å². The Balaban J connectivity index is 2.91. The number of hydrogen-bond donors (Lipinski definition) is 1. The van der Waals surface area contributed by atoms with Crippen LogP contribution in [0, 0.1) is 5.92 Å². The molecule has 0 saturated heterocycles. The summed E-state index contributed by atoms with van der Waals surface area (Å²) in [5, 5.41) is 4.66. The Morgan fingerprint density at radius 1 is 1.15 bits per heavy atom. The van der Waals surface area contributed by atoms with Crippen molar-refractivity contribution in [2.24, 2.45) is 5.92 Å². The van der Waals surface area contributed by atoms with E-state index >= 15 is 0 Å². The number of nitrogens with one attached hydrogen (secondary N) is 1. The van der Waals surface area contributed by atoms with E-state index in [1.165, 1.54) is 45.2 Å². The molecular formula is C11H24BrN. The molecule has 0 aliphatic carbocycles. The molecule has 1 atom stereocenters. The zero-order valence-electron chi connectivity index (χ0n) is 9.11. The molecule has 0 aliphatic heterocycles. The Labute approximate surface area is 91.8 Å². The van der Waals surface area contributed by atoms with E-state index in [1.54, 1.807) is 0 Å². The molecule has 0 radical (unpaired) electrons. The van der Waals surface area contributed by atoms with Crippen LogP contribution in [0.1, 0.15) is 46.0 Å². The summed E-state index contributed by atoms with van der Waals surface area (Å²) in [5.74, 6) is 0.836. The summed E-state index contributed by atoms with van der Waals surface area (Å²) >= 11 is 3.44. The predicted octanol–water partition coefficient (Wildman–Crippen LogP) is 3.58. The molecule has 0 heterocycles. The number of halogens is 1. The van der Waals surface area contributed by atoms with Gasteiger partial charge in [0.1, 0.15) is 0 Å². The largest absolute Gasteiger partial charge is 0.316 e. The second kappa shape index (κ2) is 10.5. The van der Waals surface area contributed by atoms with Gasteiger partial charge in [0.05, 0.1) is 0 Å². The van der Waals surface area contributed by atoms with Gasteiger partial charge in [-0.1, -0.05) is 49.0 Å². The zero-order chi connectivity index (χ0) is 9.94. The van der Waals surface area contributed by atoms with Gasteiger partial charge in [-0.05, 0) is 31.8 Å². The van der Waals surface area contributed by atoms with Gasteiger partial charge in [-0.15, -0.1) is 0 Å². The van der Waals surface area contributed by atoms with Crippen molar-refractivity contribution < 1.29 is 0 Å². The molecule has 0 saturated carbocycles. The van der Waals surface area contributed by atoms with E-state index in [-0.39, 0.29) is 0 Å². The highest BCUT2D eigenvalue weighted by molar-refractivity contribution is 9.09. The molecule has 80 valence electrons. The topological polar surface area (TPSA) is 12.0 Å². The lowest BCUT2D eigenvalue weighted by molar-refractivity contribution is 0.489. The van der Waals surface area contributed by atoms with Crippen LogP contribution in [0.3, 0.4) is 0 Å². The molecule has 1 nitrogen and oxygen atoms in total. The molecule has 0 spiro atoms. The Kier molecular flexibility index (Phi) is 10.9. The number of unbranched alkanes of at least 4 members (excludes halogenated alkanes) is 3. The predicted molar refractivity (Wildman–Crippen MR) is 64.6 cm³/mol. The third-order valence-electron chi connectivity index (χ3n) is 2.43. The molecule has 1 N–H and O–H groups in total. The first-order valence-electron chi connectivity index (χ1n) is 5.58. The Hall–Kier alpha value is 0.440. The Morgan fingerprint density at radius 3 is 2.46 bits per heavy atom. The number of hydrogen-bond acceptors (Lipinski definition) is 1. The summed E-state index contributed by atoms with van der Waals surface area (Å²) in [7, 11) is 0. The maximum Gasteiger partial charge on any atom is 0.00313 e. The van der Waals surface area contributed by atoms with Gasteiger partial charge in [0.15, 0.2) is 0 Å². The summed E-state index contributed by atoms with van der Waals surface area (Å²) in [6, 6.07) is 0. The molecule has 0 aliphatic rings. The summed E-state index contributed by atoms with van der Waals surface area (Å²) in [4.78, 5) is 0. The second-order valence-corrected chi connectivity index (χ2v) is 4.61. The molecule has 0 aromatic rings. The Morgan fingerprint density at radius 2 is 1.85 bits per heavy atom. The molecular weight excluding hydrogens is 226 g/mol. The third-order valence-corrected chi connectivity index (χ3v) is 2.99. The van der Waals surface area contributed by atoms with Crippen LogP contribution in [0.2, 0.25) is 0 Å². The van der Waals surface area contributed by atoms with Gasteiger partial charge in [-0.2, -0.15) is 0 Å². The summed E-state index contributed by atoms with van der Waals surface area (Å²) in [6.45, 7) is 6.95. The van der Waals surface area contributed by atoms with Gasteiger partial charge in [-0.25, -0.2) is 0 Å². The molecule has 0 bridgehead atoms. The van der Waals surface area contributed by atoms with Crippen molar-refractivity contribution in [3.63, 3.8) is 0 Å². The van der Waals surface area contributed by atoms with Gasteiger partial charge in [0.2, 0.25) is 0 Å². The van der Waals surface area contributed by atoms with Crippen molar-refractivity contribution in [1.29, 1.82) is 0 Å². The van der Waals surface area contributed by atoms with E-state index in [4.69, 9.17) is 0 Å².